The molecule has 5 nitrogen and oxygen atoms in total. The fourth-order valence-corrected chi connectivity index (χ4v) is 3.14. The monoisotopic (exact) mass is 350 g/mol. The number of aromatic nitrogens is 3. The van der Waals surface area contributed by atoms with E-state index in [1.54, 1.807) is 18.3 Å². The molecule has 5 heteroatoms. The fraction of sp³-hybridized carbons (Fsp3) is 0.381. The van der Waals surface area contributed by atoms with Gasteiger partial charge < -0.3 is 9.88 Å². The Morgan fingerprint density at radius 3 is 2.73 bits per heavy atom. The summed E-state index contributed by atoms with van der Waals surface area (Å²) in [4.78, 5) is 21.0. The quantitative estimate of drug-likeness (QED) is 0.594. The first-order valence-corrected chi connectivity index (χ1v) is 9.43. The van der Waals surface area contributed by atoms with Crippen molar-refractivity contribution in [3.63, 3.8) is 0 Å². The molecule has 26 heavy (non-hydrogen) atoms. The number of amides is 1. The third kappa shape index (κ3) is 4.48. The van der Waals surface area contributed by atoms with Crippen LogP contribution in [0.2, 0.25) is 0 Å². The first-order valence-electron chi connectivity index (χ1n) is 9.43. The molecule has 0 saturated heterocycles. The largest absolute Gasteiger partial charge is 0.350 e. The molecule has 3 aromatic rings. The van der Waals surface area contributed by atoms with Crippen LogP contribution in [0, 0.1) is 0 Å². The van der Waals surface area contributed by atoms with Gasteiger partial charge >= 0.3 is 0 Å². The number of unbranched alkanes of at least 4 members (excludes halogenated alkanes) is 3. The van der Waals surface area contributed by atoms with Crippen molar-refractivity contribution >= 4 is 16.9 Å². The maximum atomic E-state index is 12.1. The molecule has 1 N–H and O–H groups in total. The third-order valence-electron chi connectivity index (χ3n) is 4.50. The van der Waals surface area contributed by atoms with Crippen molar-refractivity contribution in [2.45, 2.75) is 45.6 Å². The van der Waals surface area contributed by atoms with E-state index in [-0.39, 0.29) is 5.91 Å². The Morgan fingerprint density at radius 1 is 1.08 bits per heavy atom. The second-order valence-electron chi connectivity index (χ2n) is 6.45. The Bertz CT molecular complexity index is 842. The number of benzene rings is 1. The van der Waals surface area contributed by atoms with Crippen molar-refractivity contribution in [1.82, 2.24) is 19.9 Å². The number of nitrogens with zero attached hydrogens (tertiary/aromatic N) is 3. The van der Waals surface area contributed by atoms with E-state index < -0.39 is 0 Å². The lowest BCUT2D eigenvalue weighted by Crippen LogP contribution is -2.27. The van der Waals surface area contributed by atoms with Crippen molar-refractivity contribution in [2.24, 2.45) is 0 Å². The van der Waals surface area contributed by atoms with Crippen molar-refractivity contribution in [1.29, 1.82) is 0 Å². The molecular formula is C21H26N4O. The second-order valence-corrected chi connectivity index (χ2v) is 6.45. The molecule has 3 rings (SSSR count). The highest BCUT2D eigenvalue weighted by molar-refractivity contribution is 5.92. The molecule has 1 amide bonds. The van der Waals surface area contributed by atoms with Gasteiger partial charge in [-0.1, -0.05) is 44.4 Å². The van der Waals surface area contributed by atoms with Gasteiger partial charge in [-0.3, -0.25) is 9.78 Å². The summed E-state index contributed by atoms with van der Waals surface area (Å²) in [6.45, 7) is 3.75. The lowest BCUT2D eigenvalue weighted by molar-refractivity contribution is 0.0949. The molecule has 0 atom stereocenters. The van der Waals surface area contributed by atoms with Crippen LogP contribution in [0.1, 0.15) is 48.9 Å². The van der Waals surface area contributed by atoms with Gasteiger partial charge in [0.05, 0.1) is 11.0 Å². The maximum Gasteiger partial charge on any atom is 0.269 e. The highest BCUT2D eigenvalue weighted by atomic mass is 16.1. The normalized spacial score (nSPS) is 11.0. The topological polar surface area (TPSA) is 59.8 Å². The summed E-state index contributed by atoms with van der Waals surface area (Å²) in [5, 5.41) is 2.94. The first-order chi connectivity index (χ1) is 12.8. The average Bonchev–Trinajstić information content (AvgIpc) is 3.03. The summed E-state index contributed by atoms with van der Waals surface area (Å²) in [7, 11) is 0. The number of aryl methyl sites for hydroxylation is 1. The number of pyridine rings is 1. The minimum absolute atomic E-state index is 0.142. The molecule has 0 saturated carbocycles. The van der Waals surface area contributed by atoms with Crippen LogP contribution in [0.5, 0.6) is 0 Å². The molecule has 0 aliphatic heterocycles. The van der Waals surface area contributed by atoms with E-state index in [1.807, 2.05) is 18.2 Å². The number of nitrogens with one attached hydrogen (secondary N) is 1. The van der Waals surface area contributed by atoms with Crippen LogP contribution in [-0.4, -0.2) is 27.0 Å². The van der Waals surface area contributed by atoms with E-state index in [0.29, 0.717) is 18.7 Å². The zero-order valence-corrected chi connectivity index (χ0v) is 15.3. The van der Waals surface area contributed by atoms with Crippen molar-refractivity contribution < 1.29 is 4.79 Å². The lowest BCUT2D eigenvalue weighted by Gasteiger charge is -2.10. The van der Waals surface area contributed by atoms with Crippen molar-refractivity contribution in [3.05, 3.63) is 60.2 Å². The van der Waals surface area contributed by atoms with E-state index in [9.17, 15) is 4.79 Å². The molecule has 0 aliphatic carbocycles. The predicted molar refractivity (Wildman–Crippen MR) is 104 cm³/mol. The SMILES string of the molecule is CCCCCCn1c(CCNC(=O)c2ccccn2)nc2ccccc21. The number of rotatable bonds is 9. The molecule has 1 aromatic carbocycles. The summed E-state index contributed by atoms with van der Waals surface area (Å²) in [6.07, 6.45) is 7.23. The summed E-state index contributed by atoms with van der Waals surface area (Å²) < 4.78 is 2.30. The smallest absolute Gasteiger partial charge is 0.269 e. The van der Waals surface area contributed by atoms with Crippen LogP contribution >= 0.6 is 0 Å². The molecule has 136 valence electrons. The van der Waals surface area contributed by atoms with Crippen LogP contribution in [0.3, 0.4) is 0 Å². The van der Waals surface area contributed by atoms with Gasteiger partial charge in [0.1, 0.15) is 11.5 Å². The Hall–Kier alpha value is -2.69. The van der Waals surface area contributed by atoms with E-state index >= 15 is 0 Å². The zero-order chi connectivity index (χ0) is 18.2. The van der Waals surface area contributed by atoms with Crippen molar-refractivity contribution in [3.8, 4) is 0 Å². The van der Waals surface area contributed by atoms with Gasteiger partial charge in [0.15, 0.2) is 0 Å². The Morgan fingerprint density at radius 2 is 1.92 bits per heavy atom. The number of fused-ring (bicyclic) bond motifs is 1. The number of para-hydroxylation sites is 2. The van der Waals surface area contributed by atoms with Crippen LogP contribution < -0.4 is 5.32 Å². The van der Waals surface area contributed by atoms with E-state index in [4.69, 9.17) is 4.98 Å². The molecule has 0 unspecified atom stereocenters. The summed E-state index contributed by atoms with van der Waals surface area (Å²) >= 11 is 0. The Labute approximate surface area is 154 Å². The summed E-state index contributed by atoms with van der Waals surface area (Å²) in [6, 6.07) is 13.6. The van der Waals surface area contributed by atoms with E-state index in [0.717, 1.165) is 24.3 Å². The Kier molecular flexibility index (Phi) is 6.36. The highest BCUT2D eigenvalue weighted by Gasteiger charge is 2.11. The molecule has 2 heterocycles. The minimum Gasteiger partial charge on any atom is -0.350 e. The number of hydrogen-bond donors (Lipinski definition) is 1. The van der Waals surface area contributed by atoms with Crippen LogP contribution in [0.4, 0.5) is 0 Å². The van der Waals surface area contributed by atoms with Gasteiger partial charge in [0, 0.05) is 25.7 Å². The van der Waals surface area contributed by atoms with Crippen LogP contribution in [-0.2, 0) is 13.0 Å². The first kappa shape index (κ1) is 18.1. The maximum absolute atomic E-state index is 12.1. The van der Waals surface area contributed by atoms with E-state index in [2.05, 4.69) is 33.9 Å². The number of hydrogen-bond acceptors (Lipinski definition) is 3. The van der Waals surface area contributed by atoms with E-state index in [1.165, 1.54) is 24.8 Å². The molecule has 0 fully saturated rings. The van der Waals surface area contributed by atoms with Gasteiger partial charge in [-0.2, -0.15) is 0 Å². The van der Waals surface area contributed by atoms with Crippen LogP contribution in [0.15, 0.2) is 48.7 Å². The predicted octanol–water partition coefficient (Wildman–Crippen LogP) is 3.98. The second kappa shape index (κ2) is 9.13. The molecule has 0 spiro atoms. The van der Waals surface area contributed by atoms with Crippen LogP contribution in [0.25, 0.3) is 11.0 Å². The average molecular weight is 350 g/mol. The van der Waals surface area contributed by atoms with Gasteiger partial charge in [0.2, 0.25) is 0 Å². The van der Waals surface area contributed by atoms with Gasteiger partial charge in [0.25, 0.3) is 5.91 Å². The van der Waals surface area contributed by atoms with Gasteiger partial charge in [-0.25, -0.2) is 4.98 Å². The minimum atomic E-state index is -0.142. The molecule has 0 bridgehead atoms. The lowest BCUT2D eigenvalue weighted by atomic mass is 10.2. The molecule has 0 aliphatic rings. The van der Waals surface area contributed by atoms with Gasteiger partial charge in [-0.15, -0.1) is 0 Å². The number of carbonyl (C=O) groups is 1. The Balaban J connectivity index is 1.65. The standard InChI is InChI=1S/C21H26N4O/c1-2-3-4-9-16-25-19-12-6-5-10-17(19)24-20(25)13-15-23-21(26)18-11-7-8-14-22-18/h5-8,10-12,14H,2-4,9,13,15-16H2,1H3,(H,23,26). The number of imidazole rings is 1. The van der Waals surface area contributed by atoms with Crippen molar-refractivity contribution in [2.75, 3.05) is 6.54 Å². The zero-order valence-electron chi connectivity index (χ0n) is 15.3. The molecular weight excluding hydrogens is 324 g/mol. The van der Waals surface area contributed by atoms with Gasteiger partial charge in [-0.05, 0) is 30.7 Å². The summed E-state index contributed by atoms with van der Waals surface area (Å²) in [5.74, 6) is 0.889. The molecule has 0 radical (unpaired) electrons. The highest BCUT2D eigenvalue weighted by Crippen LogP contribution is 2.17. The molecule has 2 aromatic heterocycles. The fourth-order valence-electron chi connectivity index (χ4n) is 3.14. The third-order valence-corrected chi connectivity index (χ3v) is 4.50. The number of carbonyl (C=O) groups excluding carboxylic acids is 1. The summed E-state index contributed by atoms with van der Waals surface area (Å²) in [5.41, 5.74) is 2.64.